The Labute approximate surface area is 201 Å². The molecule has 0 amide bonds. The SMILES string of the molecule is COc1cccc(OC)c1OCCNC[C@H]1COc2ccc(OC[C@@H](O)CNC(C)C)cc2O1. The van der Waals surface area contributed by atoms with Crippen LogP contribution in [0.1, 0.15) is 13.8 Å². The van der Waals surface area contributed by atoms with E-state index in [1.54, 1.807) is 20.3 Å². The van der Waals surface area contributed by atoms with Gasteiger partial charge in [0.25, 0.3) is 0 Å². The van der Waals surface area contributed by atoms with Crippen molar-refractivity contribution in [1.82, 2.24) is 10.6 Å². The number of ether oxygens (including phenoxy) is 6. The second-order valence-corrected chi connectivity index (χ2v) is 8.23. The number of para-hydroxylation sites is 1. The topological polar surface area (TPSA) is 99.7 Å². The summed E-state index contributed by atoms with van der Waals surface area (Å²) in [6, 6.07) is 11.2. The van der Waals surface area contributed by atoms with Crippen molar-refractivity contribution in [3.63, 3.8) is 0 Å². The van der Waals surface area contributed by atoms with Gasteiger partial charge in [-0.25, -0.2) is 0 Å². The molecule has 0 fully saturated rings. The molecule has 0 spiro atoms. The molecule has 0 radical (unpaired) electrons. The lowest BCUT2D eigenvalue weighted by Crippen LogP contribution is -2.39. The normalized spacial score (nSPS) is 15.6. The summed E-state index contributed by atoms with van der Waals surface area (Å²) in [6.07, 6.45) is -0.741. The Bertz CT molecular complexity index is 871. The summed E-state index contributed by atoms with van der Waals surface area (Å²) in [5.41, 5.74) is 0. The number of aliphatic hydroxyl groups excluding tert-OH is 1. The van der Waals surface area contributed by atoms with Crippen LogP contribution in [0.4, 0.5) is 0 Å². The fourth-order valence-electron chi connectivity index (χ4n) is 3.36. The first-order valence-corrected chi connectivity index (χ1v) is 11.5. The van der Waals surface area contributed by atoms with E-state index in [-0.39, 0.29) is 12.7 Å². The largest absolute Gasteiger partial charge is 0.493 e. The highest BCUT2D eigenvalue weighted by Crippen LogP contribution is 2.37. The highest BCUT2D eigenvalue weighted by molar-refractivity contribution is 5.51. The highest BCUT2D eigenvalue weighted by atomic mass is 16.6. The smallest absolute Gasteiger partial charge is 0.203 e. The van der Waals surface area contributed by atoms with Crippen LogP contribution in [0.25, 0.3) is 0 Å². The summed E-state index contributed by atoms with van der Waals surface area (Å²) in [7, 11) is 3.20. The van der Waals surface area contributed by atoms with Crippen LogP contribution in [0, 0.1) is 0 Å². The predicted octanol–water partition coefficient (Wildman–Crippen LogP) is 2.25. The van der Waals surface area contributed by atoms with E-state index in [0.29, 0.717) is 73.4 Å². The Morgan fingerprint density at radius 3 is 2.53 bits per heavy atom. The molecule has 0 saturated carbocycles. The highest BCUT2D eigenvalue weighted by Gasteiger charge is 2.21. The van der Waals surface area contributed by atoms with E-state index in [9.17, 15) is 5.11 Å². The van der Waals surface area contributed by atoms with Gasteiger partial charge in [0.15, 0.2) is 23.0 Å². The second kappa shape index (κ2) is 13.1. The molecule has 3 rings (SSSR count). The fraction of sp³-hybridized carbons (Fsp3) is 0.520. The first-order chi connectivity index (χ1) is 16.5. The molecule has 1 heterocycles. The number of methoxy groups -OCH3 is 2. The van der Waals surface area contributed by atoms with E-state index in [0.717, 1.165) is 0 Å². The molecule has 188 valence electrons. The Hall–Kier alpha value is -2.88. The summed E-state index contributed by atoms with van der Waals surface area (Å²) in [4.78, 5) is 0. The van der Waals surface area contributed by atoms with Crippen molar-refractivity contribution >= 4 is 0 Å². The molecule has 9 heteroatoms. The molecule has 0 unspecified atom stereocenters. The molecular weight excluding hydrogens is 440 g/mol. The number of rotatable bonds is 14. The molecule has 0 aliphatic carbocycles. The van der Waals surface area contributed by atoms with Crippen LogP contribution < -0.4 is 39.1 Å². The summed E-state index contributed by atoms with van der Waals surface area (Å²) in [6.45, 7) is 6.82. The molecular formula is C25H36N2O7. The van der Waals surface area contributed by atoms with Crippen molar-refractivity contribution in [3.05, 3.63) is 36.4 Å². The second-order valence-electron chi connectivity index (χ2n) is 8.23. The maximum atomic E-state index is 10.0. The molecule has 34 heavy (non-hydrogen) atoms. The van der Waals surface area contributed by atoms with Gasteiger partial charge in [-0.15, -0.1) is 0 Å². The van der Waals surface area contributed by atoms with E-state index in [1.165, 1.54) is 0 Å². The van der Waals surface area contributed by atoms with Crippen LogP contribution in [-0.2, 0) is 0 Å². The summed E-state index contributed by atoms with van der Waals surface area (Å²) < 4.78 is 34.2. The number of hydrogen-bond donors (Lipinski definition) is 3. The lowest BCUT2D eigenvalue weighted by Gasteiger charge is -2.27. The van der Waals surface area contributed by atoms with Crippen molar-refractivity contribution < 1.29 is 33.5 Å². The lowest BCUT2D eigenvalue weighted by molar-refractivity contribution is 0.0870. The fourth-order valence-corrected chi connectivity index (χ4v) is 3.36. The van der Waals surface area contributed by atoms with Gasteiger partial charge in [-0.2, -0.15) is 0 Å². The van der Waals surface area contributed by atoms with Gasteiger partial charge in [0.2, 0.25) is 5.75 Å². The first kappa shape index (κ1) is 25.7. The van der Waals surface area contributed by atoms with E-state index in [1.807, 2.05) is 44.2 Å². The standard InChI is InChI=1S/C25H36N2O7/c1-17(2)27-13-18(28)15-32-19-8-9-21-24(12-19)34-20(16-33-21)14-26-10-11-31-25-22(29-3)6-5-7-23(25)30-4/h5-9,12,17-18,20,26-28H,10-11,13-16H2,1-4H3/t18-,20-/m0/s1. The molecule has 2 aromatic carbocycles. The molecule has 2 aromatic rings. The van der Waals surface area contributed by atoms with Gasteiger partial charge < -0.3 is 44.2 Å². The molecule has 2 atom stereocenters. The van der Waals surface area contributed by atoms with E-state index >= 15 is 0 Å². The summed E-state index contributed by atoms with van der Waals surface area (Å²) in [5.74, 6) is 3.76. The minimum atomic E-state index is -0.592. The molecule has 1 aliphatic rings. The molecule has 0 bridgehead atoms. The van der Waals surface area contributed by atoms with Crippen LogP contribution in [0.2, 0.25) is 0 Å². The third-order valence-electron chi connectivity index (χ3n) is 5.12. The quantitative estimate of drug-likeness (QED) is 0.355. The molecule has 0 aromatic heterocycles. The van der Waals surface area contributed by atoms with Crippen molar-refractivity contribution in [3.8, 4) is 34.5 Å². The van der Waals surface area contributed by atoms with Crippen molar-refractivity contribution in [2.75, 3.05) is 53.7 Å². The number of aliphatic hydroxyl groups is 1. The van der Waals surface area contributed by atoms with Crippen LogP contribution >= 0.6 is 0 Å². The Kier molecular flexibility index (Phi) is 9.93. The predicted molar refractivity (Wildman–Crippen MR) is 129 cm³/mol. The van der Waals surface area contributed by atoms with Crippen molar-refractivity contribution in [1.29, 1.82) is 0 Å². The van der Waals surface area contributed by atoms with Gasteiger partial charge >= 0.3 is 0 Å². The number of nitrogens with one attached hydrogen (secondary N) is 2. The third kappa shape index (κ3) is 7.58. The Morgan fingerprint density at radius 2 is 1.82 bits per heavy atom. The number of benzene rings is 2. The zero-order valence-electron chi connectivity index (χ0n) is 20.3. The maximum absolute atomic E-state index is 10.0. The zero-order valence-corrected chi connectivity index (χ0v) is 20.3. The van der Waals surface area contributed by atoms with Crippen molar-refractivity contribution in [2.45, 2.75) is 32.1 Å². The monoisotopic (exact) mass is 476 g/mol. The molecule has 1 aliphatic heterocycles. The van der Waals surface area contributed by atoms with E-state index < -0.39 is 6.10 Å². The third-order valence-corrected chi connectivity index (χ3v) is 5.12. The molecule has 9 nitrogen and oxygen atoms in total. The van der Waals surface area contributed by atoms with Gasteiger partial charge in [-0.1, -0.05) is 19.9 Å². The minimum absolute atomic E-state index is 0.149. The molecule has 3 N–H and O–H groups in total. The Balaban J connectivity index is 1.42. The first-order valence-electron chi connectivity index (χ1n) is 11.5. The molecule has 0 saturated heterocycles. The lowest BCUT2D eigenvalue weighted by atomic mass is 10.2. The van der Waals surface area contributed by atoms with E-state index in [2.05, 4.69) is 10.6 Å². The van der Waals surface area contributed by atoms with Crippen LogP contribution in [-0.4, -0.2) is 77.0 Å². The van der Waals surface area contributed by atoms with Crippen LogP contribution in [0.15, 0.2) is 36.4 Å². The Morgan fingerprint density at radius 1 is 1.06 bits per heavy atom. The average Bonchev–Trinajstić information content (AvgIpc) is 2.85. The van der Waals surface area contributed by atoms with Gasteiger partial charge in [-0.3, -0.25) is 0 Å². The summed E-state index contributed by atoms with van der Waals surface area (Å²) in [5, 5.41) is 16.5. The maximum Gasteiger partial charge on any atom is 0.203 e. The van der Waals surface area contributed by atoms with Gasteiger partial charge in [0.05, 0.1) is 14.2 Å². The number of fused-ring (bicyclic) bond motifs is 1. The van der Waals surface area contributed by atoms with Crippen LogP contribution in [0.3, 0.4) is 0 Å². The zero-order chi connectivity index (χ0) is 24.3. The summed E-state index contributed by atoms with van der Waals surface area (Å²) >= 11 is 0. The minimum Gasteiger partial charge on any atom is -0.493 e. The average molecular weight is 477 g/mol. The van der Waals surface area contributed by atoms with Gasteiger partial charge in [0, 0.05) is 31.7 Å². The van der Waals surface area contributed by atoms with Crippen molar-refractivity contribution in [2.24, 2.45) is 0 Å². The van der Waals surface area contributed by atoms with Gasteiger partial charge in [0.1, 0.15) is 37.8 Å². The van der Waals surface area contributed by atoms with Gasteiger partial charge in [-0.05, 0) is 24.3 Å². The number of hydrogen-bond acceptors (Lipinski definition) is 9. The van der Waals surface area contributed by atoms with Crippen LogP contribution in [0.5, 0.6) is 34.5 Å². The van der Waals surface area contributed by atoms with E-state index in [4.69, 9.17) is 28.4 Å².